The molecule has 0 heterocycles. The molecule has 0 N–H and O–H groups in total. The Morgan fingerprint density at radius 1 is 0.342 bits per heavy atom. The Labute approximate surface area is 267 Å². The van der Waals surface area contributed by atoms with E-state index in [2.05, 4.69) is 21.6 Å². The molecule has 0 fully saturated rings. The molecular formula is C30H56Li2O4S2. The zero-order chi connectivity index (χ0) is 26.4. The van der Waals surface area contributed by atoms with Crippen molar-refractivity contribution in [3.63, 3.8) is 0 Å². The van der Waals surface area contributed by atoms with Crippen molar-refractivity contribution in [3.05, 3.63) is 0 Å². The number of carbonyl (C=O) groups is 2. The van der Waals surface area contributed by atoms with E-state index >= 15 is 0 Å². The van der Waals surface area contributed by atoms with Gasteiger partial charge in [-0.2, -0.15) is 0 Å². The van der Waals surface area contributed by atoms with E-state index in [1.54, 1.807) is 0 Å². The number of unbranched alkanes of at least 4 members (excludes halogenated alkanes) is 22. The van der Waals surface area contributed by atoms with E-state index in [4.69, 9.17) is 0 Å². The minimum absolute atomic E-state index is 0. The molecule has 0 saturated carbocycles. The summed E-state index contributed by atoms with van der Waals surface area (Å²) in [6.45, 7) is 0. The topological polar surface area (TPSA) is 80.3 Å². The summed E-state index contributed by atoms with van der Waals surface area (Å²) in [7, 11) is 4.14. The number of carboxylic acid groups (broad SMARTS) is 2. The fraction of sp³-hybridized carbons (Fsp3) is 0.933. The van der Waals surface area contributed by atoms with Crippen LogP contribution in [0.5, 0.6) is 0 Å². The zero-order valence-corrected chi connectivity index (χ0v) is 26.9. The average Bonchev–Trinajstić information content (AvgIpc) is 2.85. The summed E-state index contributed by atoms with van der Waals surface area (Å²) < 4.78 is 0. The van der Waals surface area contributed by atoms with Gasteiger partial charge in [0.15, 0.2) is 0 Å². The van der Waals surface area contributed by atoms with Crippen LogP contribution in [0.15, 0.2) is 0 Å². The first kappa shape index (κ1) is 43.3. The van der Waals surface area contributed by atoms with Crippen LogP contribution in [0.1, 0.15) is 167 Å². The van der Waals surface area contributed by atoms with Gasteiger partial charge < -0.3 is 19.8 Å². The van der Waals surface area contributed by atoms with E-state index in [0.717, 1.165) is 25.7 Å². The molecule has 0 aliphatic heterocycles. The molecule has 214 valence electrons. The van der Waals surface area contributed by atoms with Crippen LogP contribution in [-0.2, 0) is 9.59 Å². The first-order chi connectivity index (χ1) is 17.6. The molecule has 8 heteroatoms. The van der Waals surface area contributed by atoms with Gasteiger partial charge in [-0.25, -0.2) is 0 Å². The van der Waals surface area contributed by atoms with E-state index < -0.39 is 11.9 Å². The van der Waals surface area contributed by atoms with Gasteiger partial charge >= 0.3 is 37.7 Å². The van der Waals surface area contributed by atoms with Crippen LogP contribution in [0.25, 0.3) is 0 Å². The van der Waals surface area contributed by atoms with Gasteiger partial charge in [0.1, 0.15) is 0 Å². The van der Waals surface area contributed by atoms with Crippen molar-refractivity contribution in [2.45, 2.75) is 167 Å². The molecule has 0 aromatic carbocycles. The summed E-state index contributed by atoms with van der Waals surface area (Å²) in [5, 5.41) is 20.7. The Kier molecular flexibility index (Phi) is 43.1. The average molecular weight is 559 g/mol. The predicted octanol–water partition coefficient (Wildman–Crippen LogP) is 2.02. The molecule has 0 atom stereocenters. The smallest absolute Gasteiger partial charge is 0.550 e. The van der Waals surface area contributed by atoms with Crippen LogP contribution in [-0.4, -0.2) is 23.4 Å². The number of aliphatic carboxylic acids is 2. The molecule has 0 aliphatic rings. The first-order valence-electron chi connectivity index (χ1n) is 15.3. The molecule has 0 unspecified atom stereocenters. The van der Waals surface area contributed by atoms with Gasteiger partial charge in [-0.3, -0.25) is 0 Å². The van der Waals surface area contributed by atoms with E-state index in [0.29, 0.717) is 0 Å². The quantitative estimate of drug-likeness (QED) is 0.0736. The molecule has 0 aromatic heterocycles. The van der Waals surface area contributed by atoms with Crippen molar-refractivity contribution in [3.8, 4) is 0 Å². The maximum atomic E-state index is 10.3. The predicted molar refractivity (Wildman–Crippen MR) is 155 cm³/mol. The van der Waals surface area contributed by atoms with Crippen LogP contribution in [0.3, 0.4) is 0 Å². The molecule has 4 nitrogen and oxygen atoms in total. The summed E-state index contributed by atoms with van der Waals surface area (Å²) in [5.41, 5.74) is 0. The van der Waals surface area contributed by atoms with E-state index in [9.17, 15) is 19.8 Å². The van der Waals surface area contributed by atoms with Crippen molar-refractivity contribution < 1.29 is 57.5 Å². The number of rotatable bonds is 31. The van der Waals surface area contributed by atoms with Crippen molar-refractivity contribution >= 4 is 33.5 Å². The van der Waals surface area contributed by atoms with Crippen molar-refractivity contribution in [1.29, 1.82) is 0 Å². The third kappa shape index (κ3) is 41.3. The van der Waals surface area contributed by atoms with Gasteiger partial charge in [-0.1, -0.05) is 150 Å². The third-order valence-corrected chi connectivity index (χ3v) is 9.38. The van der Waals surface area contributed by atoms with Crippen molar-refractivity contribution in [2.75, 3.05) is 11.5 Å². The number of carbonyl (C=O) groups excluding carboxylic acids is 2. The van der Waals surface area contributed by atoms with Crippen LogP contribution in [0.2, 0.25) is 0 Å². The van der Waals surface area contributed by atoms with Gasteiger partial charge in [-0.15, -0.1) is 0 Å². The minimum atomic E-state index is -0.910. The number of hydrogen-bond donors (Lipinski definition) is 0. The normalized spacial score (nSPS) is 10.6. The summed E-state index contributed by atoms with van der Waals surface area (Å²) in [4.78, 5) is 20.7. The summed E-state index contributed by atoms with van der Waals surface area (Å²) in [6, 6.07) is 0. The van der Waals surface area contributed by atoms with Gasteiger partial charge in [0.05, 0.1) is 0 Å². The van der Waals surface area contributed by atoms with Crippen LogP contribution in [0.4, 0.5) is 0 Å². The van der Waals surface area contributed by atoms with Gasteiger partial charge in [0.25, 0.3) is 0 Å². The summed E-state index contributed by atoms with van der Waals surface area (Å²) in [6.07, 6.45) is 30.7. The molecule has 38 heavy (non-hydrogen) atoms. The molecule has 0 aliphatic carbocycles. The molecule has 0 radical (unpaired) electrons. The summed E-state index contributed by atoms with van der Waals surface area (Å²) in [5.74, 6) is 0.790. The van der Waals surface area contributed by atoms with Gasteiger partial charge in [0.2, 0.25) is 0 Å². The summed E-state index contributed by atoms with van der Waals surface area (Å²) >= 11 is 0. The van der Waals surface area contributed by atoms with Gasteiger partial charge in [0, 0.05) is 23.4 Å². The zero-order valence-electron chi connectivity index (χ0n) is 25.2. The molecule has 0 spiro atoms. The first-order valence-corrected chi connectivity index (χ1v) is 17.8. The second-order valence-electron chi connectivity index (χ2n) is 10.4. The molecular weight excluding hydrogens is 502 g/mol. The Bertz CT molecular complexity index is 443. The monoisotopic (exact) mass is 558 g/mol. The maximum Gasteiger partial charge on any atom is 1.00 e. The van der Waals surface area contributed by atoms with E-state index in [-0.39, 0.29) is 50.6 Å². The largest absolute Gasteiger partial charge is 1.00 e. The fourth-order valence-electron chi connectivity index (χ4n) is 4.51. The molecule has 0 saturated heterocycles. The number of carboxylic acids is 2. The van der Waals surface area contributed by atoms with Crippen molar-refractivity contribution in [1.82, 2.24) is 0 Å². The second-order valence-corrected chi connectivity index (χ2v) is 13.1. The molecule has 0 aromatic rings. The van der Waals surface area contributed by atoms with E-state index in [1.807, 2.05) is 0 Å². The molecule has 0 rings (SSSR count). The molecule has 0 amide bonds. The fourth-order valence-corrected chi connectivity index (χ4v) is 6.81. The Morgan fingerprint density at radius 2 is 0.526 bits per heavy atom. The third-order valence-electron chi connectivity index (χ3n) is 6.80. The van der Waals surface area contributed by atoms with E-state index in [1.165, 1.54) is 140 Å². The maximum absolute atomic E-state index is 10.3. The SMILES string of the molecule is O=C([O-])CCCCCCCCCCCCCCSSCCCCCCCCCCCCCCC(=O)[O-].[Li+].[Li+]. The Balaban J connectivity index is -0.00000612. The van der Waals surface area contributed by atoms with Crippen molar-refractivity contribution in [2.24, 2.45) is 0 Å². The molecule has 0 bridgehead atoms. The van der Waals surface area contributed by atoms with Crippen LogP contribution < -0.4 is 47.9 Å². The second kappa shape index (κ2) is 37.8. The van der Waals surface area contributed by atoms with Gasteiger partial charge in [-0.05, 0) is 38.5 Å². The number of hydrogen-bond acceptors (Lipinski definition) is 6. The van der Waals surface area contributed by atoms with Crippen LogP contribution >= 0.6 is 21.6 Å². The minimum Gasteiger partial charge on any atom is -0.550 e. The standard InChI is InChI=1S/C30H58O4S2.2Li/c31-29(32)25-21-17-13-9-5-1-3-7-11-15-19-23-27-35-36-28-24-20-16-12-8-4-2-6-10-14-18-22-26-30(33)34;;/h1-28H2,(H,31,32)(H,33,34);;/q;2*+1/p-2. The Hall–Kier alpha value is 0.835. The van der Waals surface area contributed by atoms with Crippen LogP contribution in [0, 0.1) is 0 Å². The Morgan fingerprint density at radius 3 is 0.737 bits per heavy atom.